The predicted molar refractivity (Wildman–Crippen MR) is 71.8 cm³/mol. The third-order valence-corrected chi connectivity index (χ3v) is 3.66. The highest BCUT2D eigenvalue weighted by Gasteiger charge is 2.25. The number of aliphatic hydroxyl groups is 1. The first-order valence-electron chi connectivity index (χ1n) is 6.40. The van der Waals surface area contributed by atoms with E-state index >= 15 is 0 Å². The number of carbonyl (C=O) groups excluding carboxylic acids is 1. The molecule has 1 aliphatic heterocycles. The van der Waals surface area contributed by atoms with Crippen molar-refractivity contribution >= 4 is 17.5 Å². The van der Waals surface area contributed by atoms with Crippen molar-refractivity contribution in [3.05, 3.63) is 34.9 Å². The van der Waals surface area contributed by atoms with E-state index in [1.54, 1.807) is 29.2 Å². The summed E-state index contributed by atoms with van der Waals surface area (Å²) < 4.78 is 0. The molecule has 18 heavy (non-hydrogen) atoms. The first kappa shape index (κ1) is 13.4. The van der Waals surface area contributed by atoms with E-state index < -0.39 is 0 Å². The summed E-state index contributed by atoms with van der Waals surface area (Å²) in [6, 6.07) is 6.93. The maximum absolute atomic E-state index is 12.4. The molecule has 1 aromatic rings. The van der Waals surface area contributed by atoms with Gasteiger partial charge in [-0.05, 0) is 31.0 Å². The van der Waals surface area contributed by atoms with Gasteiger partial charge in [-0.15, -0.1) is 0 Å². The van der Waals surface area contributed by atoms with E-state index in [-0.39, 0.29) is 18.6 Å². The van der Waals surface area contributed by atoms with Crippen LogP contribution in [0.3, 0.4) is 0 Å². The molecule has 1 aliphatic rings. The van der Waals surface area contributed by atoms with Gasteiger partial charge < -0.3 is 10.0 Å². The number of amides is 1. The highest BCUT2D eigenvalue weighted by Crippen LogP contribution is 2.20. The number of likely N-dealkylation sites (tertiary alicyclic amines) is 1. The van der Waals surface area contributed by atoms with Crippen LogP contribution in [0, 0.1) is 0 Å². The maximum Gasteiger partial charge on any atom is 0.254 e. The van der Waals surface area contributed by atoms with Crippen molar-refractivity contribution in [3.8, 4) is 0 Å². The summed E-state index contributed by atoms with van der Waals surface area (Å²) in [6.45, 7) is 0.753. The molecule has 0 aliphatic carbocycles. The monoisotopic (exact) mass is 267 g/mol. The number of hydrogen-bond acceptors (Lipinski definition) is 2. The lowest BCUT2D eigenvalue weighted by Gasteiger charge is -2.28. The fraction of sp³-hybridized carbons (Fsp3) is 0.500. The van der Waals surface area contributed by atoms with Crippen molar-refractivity contribution in [3.63, 3.8) is 0 Å². The summed E-state index contributed by atoms with van der Waals surface area (Å²) in [4.78, 5) is 14.2. The third kappa shape index (κ3) is 3.03. The van der Waals surface area contributed by atoms with Gasteiger partial charge in [0.05, 0.1) is 12.6 Å². The van der Waals surface area contributed by atoms with Gasteiger partial charge in [-0.3, -0.25) is 4.79 Å². The molecule has 0 radical (unpaired) electrons. The zero-order valence-corrected chi connectivity index (χ0v) is 11.1. The SMILES string of the molecule is O=C(c1cccc(Cl)c1)N1CCCCCC1CO. The zero-order chi connectivity index (χ0) is 13.0. The molecule has 0 bridgehead atoms. The van der Waals surface area contributed by atoms with E-state index in [1.165, 1.54) is 0 Å². The van der Waals surface area contributed by atoms with Crippen LogP contribution < -0.4 is 0 Å². The van der Waals surface area contributed by atoms with Gasteiger partial charge in [0.2, 0.25) is 0 Å². The average molecular weight is 268 g/mol. The standard InChI is InChI=1S/C14H18ClNO2/c15-12-6-4-5-11(9-12)14(18)16-8-3-1-2-7-13(16)10-17/h4-6,9,13,17H,1-3,7-8,10H2. The second-order valence-electron chi connectivity index (χ2n) is 4.69. The van der Waals surface area contributed by atoms with Crippen molar-refractivity contribution in [2.24, 2.45) is 0 Å². The Bertz CT molecular complexity index is 422. The van der Waals surface area contributed by atoms with Crippen LogP contribution in [0.25, 0.3) is 0 Å². The van der Waals surface area contributed by atoms with Gasteiger partial charge in [0.1, 0.15) is 0 Å². The molecule has 1 unspecified atom stereocenters. The molecule has 1 N–H and O–H groups in total. The summed E-state index contributed by atoms with van der Waals surface area (Å²) in [5, 5.41) is 9.98. The lowest BCUT2D eigenvalue weighted by atomic mass is 10.1. The molecule has 0 spiro atoms. The van der Waals surface area contributed by atoms with Gasteiger partial charge in [0.25, 0.3) is 5.91 Å². The van der Waals surface area contributed by atoms with Crippen molar-refractivity contribution in [2.75, 3.05) is 13.2 Å². The molecule has 1 aromatic carbocycles. The number of hydrogen-bond donors (Lipinski definition) is 1. The minimum absolute atomic E-state index is 0.0292. The topological polar surface area (TPSA) is 40.5 Å². The van der Waals surface area contributed by atoms with Crippen LogP contribution >= 0.6 is 11.6 Å². The van der Waals surface area contributed by atoms with E-state index in [4.69, 9.17) is 11.6 Å². The van der Waals surface area contributed by atoms with Crippen molar-refractivity contribution in [1.29, 1.82) is 0 Å². The second kappa shape index (κ2) is 6.21. The molecule has 98 valence electrons. The van der Waals surface area contributed by atoms with Crippen LogP contribution in [0.2, 0.25) is 5.02 Å². The maximum atomic E-state index is 12.4. The van der Waals surface area contributed by atoms with Crippen LogP contribution in [0.15, 0.2) is 24.3 Å². The fourth-order valence-electron chi connectivity index (χ4n) is 2.42. The molecule has 0 saturated carbocycles. The molecule has 0 aromatic heterocycles. The molecular weight excluding hydrogens is 250 g/mol. The third-order valence-electron chi connectivity index (χ3n) is 3.42. The highest BCUT2D eigenvalue weighted by atomic mass is 35.5. The normalized spacial score (nSPS) is 20.6. The molecule has 1 saturated heterocycles. The van der Waals surface area contributed by atoms with Crippen molar-refractivity contribution in [2.45, 2.75) is 31.7 Å². The van der Waals surface area contributed by atoms with Crippen molar-refractivity contribution in [1.82, 2.24) is 4.90 Å². The molecule has 1 heterocycles. The van der Waals surface area contributed by atoms with E-state index in [0.29, 0.717) is 10.6 Å². The largest absolute Gasteiger partial charge is 0.394 e. The van der Waals surface area contributed by atoms with Gasteiger partial charge >= 0.3 is 0 Å². The van der Waals surface area contributed by atoms with Crippen molar-refractivity contribution < 1.29 is 9.90 Å². The molecule has 1 atom stereocenters. The van der Waals surface area contributed by atoms with Gasteiger partial charge in [0.15, 0.2) is 0 Å². The Morgan fingerprint density at radius 2 is 2.22 bits per heavy atom. The van der Waals surface area contributed by atoms with Crippen LogP contribution in [0.1, 0.15) is 36.0 Å². The minimum atomic E-state index is -0.0565. The number of aliphatic hydroxyl groups excluding tert-OH is 1. The molecule has 3 nitrogen and oxygen atoms in total. The fourth-order valence-corrected chi connectivity index (χ4v) is 2.61. The van der Waals surface area contributed by atoms with E-state index in [1.807, 2.05) is 0 Å². The Kier molecular flexibility index (Phi) is 4.61. The first-order chi connectivity index (χ1) is 8.72. The summed E-state index contributed by atoms with van der Waals surface area (Å²) in [5.74, 6) is -0.0292. The molecule has 2 rings (SSSR count). The van der Waals surface area contributed by atoms with Gasteiger partial charge in [0, 0.05) is 17.1 Å². The number of halogens is 1. The second-order valence-corrected chi connectivity index (χ2v) is 5.13. The molecular formula is C14H18ClNO2. The van der Waals surface area contributed by atoms with Crippen LogP contribution in [0.4, 0.5) is 0 Å². The quantitative estimate of drug-likeness (QED) is 0.895. The van der Waals surface area contributed by atoms with Gasteiger partial charge in [-0.1, -0.05) is 30.5 Å². The number of carbonyl (C=O) groups is 1. The summed E-state index contributed by atoms with van der Waals surface area (Å²) in [6.07, 6.45) is 4.08. The highest BCUT2D eigenvalue weighted by molar-refractivity contribution is 6.30. The summed E-state index contributed by atoms with van der Waals surface area (Å²) in [7, 11) is 0. The lowest BCUT2D eigenvalue weighted by molar-refractivity contribution is 0.0600. The Hall–Kier alpha value is -1.06. The Morgan fingerprint density at radius 1 is 1.39 bits per heavy atom. The molecule has 4 heteroatoms. The van der Waals surface area contributed by atoms with Gasteiger partial charge in [-0.25, -0.2) is 0 Å². The van der Waals surface area contributed by atoms with E-state index in [9.17, 15) is 9.90 Å². The zero-order valence-electron chi connectivity index (χ0n) is 10.3. The Labute approximate surface area is 112 Å². The lowest BCUT2D eigenvalue weighted by Crippen LogP contribution is -2.42. The molecule has 1 amide bonds. The summed E-state index contributed by atoms with van der Waals surface area (Å²) >= 11 is 5.91. The minimum Gasteiger partial charge on any atom is -0.394 e. The van der Waals surface area contributed by atoms with Crippen LogP contribution in [-0.2, 0) is 0 Å². The van der Waals surface area contributed by atoms with Crippen LogP contribution in [0.5, 0.6) is 0 Å². The van der Waals surface area contributed by atoms with Gasteiger partial charge in [-0.2, -0.15) is 0 Å². The number of nitrogens with zero attached hydrogens (tertiary/aromatic N) is 1. The van der Waals surface area contributed by atoms with E-state index in [0.717, 1.165) is 32.2 Å². The smallest absolute Gasteiger partial charge is 0.254 e. The van der Waals surface area contributed by atoms with E-state index in [2.05, 4.69) is 0 Å². The molecule has 1 fully saturated rings. The Morgan fingerprint density at radius 3 is 2.94 bits per heavy atom. The Balaban J connectivity index is 2.19. The summed E-state index contributed by atoms with van der Waals surface area (Å²) in [5.41, 5.74) is 0.600. The van der Waals surface area contributed by atoms with Crippen LogP contribution in [-0.4, -0.2) is 35.1 Å². The first-order valence-corrected chi connectivity index (χ1v) is 6.77. The average Bonchev–Trinajstić information content (AvgIpc) is 2.62. The number of benzene rings is 1. The number of rotatable bonds is 2. The predicted octanol–water partition coefficient (Wildman–Crippen LogP) is 2.72.